The average molecular weight is 182 g/mol. The van der Waals surface area contributed by atoms with Gasteiger partial charge in [-0.1, -0.05) is 0 Å². The average Bonchev–Trinajstić information content (AvgIpc) is 2.56. The van der Waals surface area contributed by atoms with Gasteiger partial charge >= 0.3 is 6.03 Å². The molecule has 13 heavy (non-hydrogen) atoms. The number of anilines is 1. The molecule has 0 spiro atoms. The minimum absolute atomic E-state index is 0.144. The molecule has 0 aromatic carbocycles. The number of nitrogens with one attached hydrogen (secondary N) is 4. The maximum absolute atomic E-state index is 10.7. The SMILES string of the molecule is CNC(=O)NC(=N)Nc1ccco1. The van der Waals surface area contributed by atoms with Crippen molar-refractivity contribution in [3.63, 3.8) is 0 Å². The Labute approximate surface area is 74.8 Å². The monoisotopic (exact) mass is 182 g/mol. The van der Waals surface area contributed by atoms with E-state index in [1.807, 2.05) is 0 Å². The summed E-state index contributed by atoms with van der Waals surface area (Å²) in [4.78, 5) is 10.7. The summed E-state index contributed by atoms with van der Waals surface area (Å²) >= 11 is 0. The zero-order chi connectivity index (χ0) is 9.68. The van der Waals surface area contributed by atoms with Crippen LogP contribution in [0.3, 0.4) is 0 Å². The second-order valence-corrected chi connectivity index (χ2v) is 2.18. The van der Waals surface area contributed by atoms with Crippen molar-refractivity contribution in [1.82, 2.24) is 10.6 Å². The largest absolute Gasteiger partial charge is 0.449 e. The minimum Gasteiger partial charge on any atom is -0.449 e. The van der Waals surface area contributed by atoms with E-state index in [0.29, 0.717) is 5.88 Å². The van der Waals surface area contributed by atoms with Crippen molar-refractivity contribution in [3.05, 3.63) is 18.4 Å². The molecule has 70 valence electrons. The number of guanidine groups is 1. The molecule has 0 bridgehead atoms. The van der Waals surface area contributed by atoms with E-state index in [-0.39, 0.29) is 5.96 Å². The van der Waals surface area contributed by atoms with Crippen LogP contribution in [0.15, 0.2) is 22.8 Å². The van der Waals surface area contributed by atoms with Crippen molar-refractivity contribution >= 4 is 17.9 Å². The number of carbonyl (C=O) groups excluding carboxylic acids is 1. The predicted molar refractivity (Wildman–Crippen MR) is 47.6 cm³/mol. The molecule has 0 atom stereocenters. The van der Waals surface area contributed by atoms with Crippen LogP contribution in [0, 0.1) is 5.41 Å². The topological polar surface area (TPSA) is 90.2 Å². The Morgan fingerprint density at radius 2 is 2.38 bits per heavy atom. The lowest BCUT2D eigenvalue weighted by atomic mass is 10.6. The van der Waals surface area contributed by atoms with E-state index >= 15 is 0 Å². The highest BCUT2D eigenvalue weighted by Crippen LogP contribution is 2.04. The molecule has 0 fully saturated rings. The lowest BCUT2D eigenvalue weighted by Crippen LogP contribution is -2.40. The minimum atomic E-state index is -0.455. The highest BCUT2D eigenvalue weighted by Gasteiger charge is 2.02. The number of rotatable bonds is 1. The van der Waals surface area contributed by atoms with Crippen LogP contribution in [-0.2, 0) is 0 Å². The van der Waals surface area contributed by atoms with Crippen LogP contribution in [-0.4, -0.2) is 19.0 Å². The molecule has 0 saturated heterocycles. The van der Waals surface area contributed by atoms with E-state index in [2.05, 4.69) is 16.0 Å². The summed E-state index contributed by atoms with van der Waals surface area (Å²) in [6.45, 7) is 0. The van der Waals surface area contributed by atoms with E-state index in [0.717, 1.165) is 0 Å². The molecule has 1 aromatic rings. The zero-order valence-corrected chi connectivity index (χ0v) is 7.05. The van der Waals surface area contributed by atoms with Crippen molar-refractivity contribution in [1.29, 1.82) is 5.41 Å². The van der Waals surface area contributed by atoms with E-state index in [9.17, 15) is 4.79 Å². The van der Waals surface area contributed by atoms with Gasteiger partial charge in [-0.2, -0.15) is 0 Å². The molecule has 0 saturated carbocycles. The summed E-state index contributed by atoms with van der Waals surface area (Å²) < 4.78 is 4.90. The van der Waals surface area contributed by atoms with Crippen molar-refractivity contribution in [3.8, 4) is 0 Å². The third-order valence-corrected chi connectivity index (χ3v) is 1.23. The van der Waals surface area contributed by atoms with Gasteiger partial charge in [0.05, 0.1) is 6.26 Å². The molecule has 0 radical (unpaired) electrons. The quantitative estimate of drug-likeness (QED) is 0.377. The first-order valence-corrected chi connectivity index (χ1v) is 3.60. The number of amides is 2. The Morgan fingerprint density at radius 1 is 1.62 bits per heavy atom. The molecule has 0 aliphatic heterocycles. The van der Waals surface area contributed by atoms with Gasteiger partial charge in [0.15, 0.2) is 5.88 Å². The summed E-state index contributed by atoms with van der Waals surface area (Å²) in [5, 5.41) is 14.3. The first-order chi connectivity index (χ1) is 6.22. The molecule has 2 amide bonds. The van der Waals surface area contributed by atoms with Crippen molar-refractivity contribution in [2.75, 3.05) is 12.4 Å². The smallest absolute Gasteiger partial charge is 0.321 e. The van der Waals surface area contributed by atoms with Crippen LogP contribution in [0.4, 0.5) is 10.7 Å². The van der Waals surface area contributed by atoms with Gasteiger partial charge < -0.3 is 9.73 Å². The first kappa shape index (κ1) is 9.11. The highest BCUT2D eigenvalue weighted by molar-refractivity contribution is 6.01. The van der Waals surface area contributed by atoms with Gasteiger partial charge in [0, 0.05) is 13.1 Å². The van der Waals surface area contributed by atoms with E-state index in [1.165, 1.54) is 13.3 Å². The fourth-order valence-electron chi connectivity index (χ4n) is 0.680. The zero-order valence-electron chi connectivity index (χ0n) is 7.05. The van der Waals surface area contributed by atoms with Crippen LogP contribution in [0.1, 0.15) is 0 Å². The van der Waals surface area contributed by atoms with Crippen molar-refractivity contribution in [2.45, 2.75) is 0 Å². The molecule has 6 nitrogen and oxygen atoms in total. The molecule has 1 rings (SSSR count). The number of carbonyl (C=O) groups is 1. The Kier molecular flexibility index (Phi) is 2.91. The van der Waals surface area contributed by atoms with E-state index < -0.39 is 6.03 Å². The summed E-state index contributed by atoms with van der Waals surface area (Å²) in [6.07, 6.45) is 1.47. The Morgan fingerprint density at radius 3 is 2.92 bits per heavy atom. The summed E-state index contributed by atoms with van der Waals surface area (Å²) in [7, 11) is 1.47. The Hall–Kier alpha value is -1.98. The Balaban J connectivity index is 2.38. The second-order valence-electron chi connectivity index (χ2n) is 2.18. The standard InChI is InChI=1S/C7H10N4O2/c1-9-7(12)11-6(8)10-5-3-2-4-13-5/h2-4H,1H3,(H4,8,9,10,11,12). The number of hydrogen-bond acceptors (Lipinski definition) is 3. The molecule has 0 unspecified atom stereocenters. The van der Waals surface area contributed by atoms with E-state index in [4.69, 9.17) is 9.83 Å². The van der Waals surface area contributed by atoms with E-state index in [1.54, 1.807) is 12.1 Å². The lowest BCUT2D eigenvalue weighted by molar-refractivity contribution is 0.247. The second kappa shape index (κ2) is 4.15. The van der Waals surface area contributed by atoms with Crippen molar-refractivity contribution in [2.24, 2.45) is 0 Å². The molecule has 0 aliphatic carbocycles. The fraction of sp³-hybridized carbons (Fsp3) is 0.143. The highest BCUT2D eigenvalue weighted by atomic mass is 16.3. The molecular weight excluding hydrogens is 172 g/mol. The molecule has 1 aromatic heterocycles. The van der Waals surface area contributed by atoms with Gasteiger partial charge in [-0.15, -0.1) is 0 Å². The third-order valence-electron chi connectivity index (χ3n) is 1.23. The fourth-order valence-corrected chi connectivity index (χ4v) is 0.680. The molecule has 0 aliphatic rings. The maximum Gasteiger partial charge on any atom is 0.321 e. The summed E-state index contributed by atoms with van der Waals surface area (Å²) in [6, 6.07) is 2.86. The van der Waals surface area contributed by atoms with Crippen molar-refractivity contribution < 1.29 is 9.21 Å². The van der Waals surface area contributed by atoms with Crippen LogP contribution in [0.2, 0.25) is 0 Å². The van der Waals surface area contributed by atoms with Gasteiger partial charge in [-0.05, 0) is 6.07 Å². The van der Waals surface area contributed by atoms with Gasteiger partial charge in [0.1, 0.15) is 0 Å². The molecule has 4 N–H and O–H groups in total. The normalized spacial score (nSPS) is 9.00. The Bertz CT molecular complexity index is 293. The van der Waals surface area contributed by atoms with Crippen LogP contribution < -0.4 is 16.0 Å². The number of urea groups is 1. The van der Waals surface area contributed by atoms with Gasteiger partial charge in [-0.3, -0.25) is 16.0 Å². The number of hydrogen-bond donors (Lipinski definition) is 4. The molecule has 1 heterocycles. The third kappa shape index (κ3) is 2.86. The lowest BCUT2D eigenvalue weighted by Gasteiger charge is -2.05. The predicted octanol–water partition coefficient (Wildman–Crippen LogP) is 0.555. The van der Waals surface area contributed by atoms with Crippen LogP contribution >= 0.6 is 0 Å². The van der Waals surface area contributed by atoms with Gasteiger partial charge in [0.2, 0.25) is 5.96 Å². The summed E-state index contributed by atoms with van der Waals surface area (Å²) in [5.41, 5.74) is 0. The molecule has 6 heteroatoms. The maximum atomic E-state index is 10.7. The number of furan rings is 1. The van der Waals surface area contributed by atoms with Gasteiger partial charge in [0.25, 0.3) is 0 Å². The summed E-state index contributed by atoms with van der Waals surface area (Å²) in [5.74, 6) is 0.260. The molecular formula is C7H10N4O2. The first-order valence-electron chi connectivity index (χ1n) is 3.60. The van der Waals surface area contributed by atoms with Crippen LogP contribution in [0.5, 0.6) is 0 Å². The van der Waals surface area contributed by atoms with Gasteiger partial charge in [-0.25, -0.2) is 4.79 Å². The van der Waals surface area contributed by atoms with Crippen LogP contribution in [0.25, 0.3) is 0 Å².